The van der Waals surface area contributed by atoms with Gasteiger partial charge in [-0.25, -0.2) is 0 Å². The second-order valence-electron chi connectivity index (χ2n) is 19.6. The molecule has 0 nitrogen and oxygen atoms in total. The first kappa shape index (κ1) is 89.7. The number of hydrogen-bond donors (Lipinski definition) is 0. The fraction of sp³-hybridized carbons (Fsp3) is 0.00971. The molecule has 0 aliphatic rings. The Morgan fingerprint density at radius 3 is 0.175 bits per heavy atom. The lowest BCUT2D eigenvalue weighted by Crippen LogP contribution is -1.55. The minimum Gasteiger partial charge on any atom is -0.0991 e. The molecular formula is C103H106. The highest BCUT2D eigenvalue weighted by atomic mass is 13.8. The molecule has 0 radical (unpaired) electrons. The SMILES string of the molecule is C=CC=CC=CC=CC=CC=CC=CC=CC=CC=CC=CC=CC=CC=CC=CC=CC=CC=CC=CC=CC=CC=CC=CC=CC=CC=CC=CC=CC=CC=CC=CC=CC=CC=CC=CC=CC=CC=CC=CC=CC=CC=CC=CC=CC=CC=CC=CC=CC=CC=CC=CC. The molecule has 0 rings (SSSR count). The zero-order valence-corrected chi connectivity index (χ0v) is 60.0. The van der Waals surface area contributed by atoms with Gasteiger partial charge in [0.2, 0.25) is 0 Å². The molecule has 0 amide bonds. The van der Waals surface area contributed by atoms with Crippen LogP contribution in [0.5, 0.6) is 0 Å². The molecule has 0 saturated heterocycles. The van der Waals surface area contributed by atoms with Crippen LogP contribution in [0.25, 0.3) is 0 Å². The zero-order chi connectivity index (χ0) is 73.4. The Kier molecular flexibility index (Phi) is 77.3. The van der Waals surface area contributed by atoms with E-state index in [4.69, 9.17) is 0 Å². The Morgan fingerprint density at radius 2 is 0.126 bits per heavy atom. The molecule has 0 heterocycles. The topological polar surface area (TPSA) is 0 Å². The highest BCUT2D eigenvalue weighted by molar-refractivity contribution is 5.31. The number of allylic oxidation sites excluding steroid dienone is 101. The standard InChI is InChI=1S/C103H106/c1-3-5-7-9-11-13-15-17-19-21-23-25-27-29-31-33-35-37-39-41-43-45-47-49-51-53-55-57-59-61-63-65-67-69-71-73-75-77-79-81-83-85-87-89-91-93-95-97-99-101-103-102-100-98-96-94-92-90-88-86-84-82-80-78-76-74-72-70-68-66-64-62-60-58-56-54-52-50-48-46-44-42-40-38-36-34-32-30-28-26-24-22-20-18-16-14-12-10-8-6-4-2/h3-103H,1H2,2H3. The van der Waals surface area contributed by atoms with Crippen molar-refractivity contribution in [3.8, 4) is 0 Å². The summed E-state index contributed by atoms with van der Waals surface area (Å²) in [6, 6.07) is 0. The Morgan fingerprint density at radius 1 is 0.0777 bits per heavy atom. The van der Waals surface area contributed by atoms with Crippen LogP contribution in [0.4, 0.5) is 0 Å². The quantitative estimate of drug-likeness (QED) is 0.0533. The molecule has 0 N–H and O–H groups in total. The van der Waals surface area contributed by atoms with E-state index in [9.17, 15) is 0 Å². The maximum atomic E-state index is 3.64. The van der Waals surface area contributed by atoms with Crippen molar-refractivity contribution in [1.29, 1.82) is 0 Å². The van der Waals surface area contributed by atoms with E-state index in [2.05, 4.69) is 6.58 Å². The van der Waals surface area contributed by atoms with Crippen LogP contribution in [-0.4, -0.2) is 0 Å². The monoisotopic (exact) mass is 1340 g/mol. The largest absolute Gasteiger partial charge is 0.0991 e. The van der Waals surface area contributed by atoms with Gasteiger partial charge < -0.3 is 0 Å². The molecule has 0 aromatic rings. The Labute approximate surface area is 623 Å². The molecule has 518 valence electrons. The van der Waals surface area contributed by atoms with Gasteiger partial charge in [0, 0.05) is 0 Å². The first-order chi connectivity index (χ1) is 51.4. The van der Waals surface area contributed by atoms with Crippen LogP contribution in [0.1, 0.15) is 6.92 Å². The van der Waals surface area contributed by atoms with Gasteiger partial charge in [0.25, 0.3) is 0 Å². The molecular weight excluding hydrogens is 1240 g/mol. The summed E-state index contributed by atoms with van der Waals surface area (Å²) in [7, 11) is 0. The van der Waals surface area contributed by atoms with Gasteiger partial charge in [-0.3, -0.25) is 0 Å². The summed E-state index contributed by atoms with van der Waals surface area (Å²) >= 11 is 0. The maximum Gasteiger partial charge on any atom is -0.0467 e. The second kappa shape index (κ2) is 88.7. The molecule has 0 spiro atoms. The van der Waals surface area contributed by atoms with Crippen LogP contribution in [0, 0.1) is 0 Å². The first-order valence-electron chi connectivity index (χ1n) is 34.3. The van der Waals surface area contributed by atoms with Gasteiger partial charge in [0.1, 0.15) is 0 Å². The normalized spacial score (nSPS) is 15.7. The van der Waals surface area contributed by atoms with Gasteiger partial charge >= 0.3 is 0 Å². The number of rotatable bonds is 50. The highest BCUT2D eigenvalue weighted by Crippen LogP contribution is 1.96. The van der Waals surface area contributed by atoms with E-state index in [1.807, 2.05) is 615 Å². The lowest BCUT2D eigenvalue weighted by molar-refractivity contribution is 1.73. The Hall–Kier alpha value is -13.3. The summed E-state index contributed by atoms with van der Waals surface area (Å²) in [5.41, 5.74) is 0. The van der Waals surface area contributed by atoms with Gasteiger partial charge in [0.15, 0.2) is 0 Å². The first-order valence-corrected chi connectivity index (χ1v) is 34.3. The van der Waals surface area contributed by atoms with E-state index in [-0.39, 0.29) is 0 Å². The van der Waals surface area contributed by atoms with Gasteiger partial charge in [0.05, 0.1) is 0 Å². The molecule has 0 aliphatic heterocycles. The molecule has 0 fully saturated rings. The molecule has 0 aromatic carbocycles. The third-order valence-electron chi connectivity index (χ3n) is 11.2. The van der Waals surface area contributed by atoms with Gasteiger partial charge in [-0.1, -0.05) is 620 Å². The van der Waals surface area contributed by atoms with Gasteiger partial charge in [-0.2, -0.15) is 0 Å². The third kappa shape index (κ3) is 88.7. The molecule has 0 bridgehead atoms. The zero-order valence-electron chi connectivity index (χ0n) is 60.0. The Balaban J connectivity index is 4.12. The molecule has 103 heavy (non-hydrogen) atoms. The molecule has 0 unspecified atom stereocenters. The van der Waals surface area contributed by atoms with Crippen LogP contribution in [0.3, 0.4) is 0 Å². The lowest BCUT2D eigenvalue weighted by Gasteiger charge is -1.77. The minimum absolute atomic E-state index is 1.75. The summed E-state index contributed by atoms with van der Waals surface area (Å²) in [5.74, 6) is 0. The summed E-state index contributed by atoms with van der Waals surface area (Å²) in [4.78, 5) is 0. The summed E-state index contributed by atoms with van der Waals surface area (Å²) < 4.78 is 0. The average Bonchev–Trinajstić information content (AvgIpc) is 3.71. The van der Waals surface area contributed by atoms with E-state index >= 15 is 0 Å². The second-order valence-corrected chi connectivity index (χ2v) is 19.6. The molecule has 0 aliphatic carbocycles. The summed E-state index contributed by atoms with van der Waals surface area (Å²) in [5, 5.41) is 0. The van der Waals surface area contributed by atoms with E-state index in [0.717, 1.165) is 0 Å². The molecule has 0 aromatic heterocycles. The van der Waals surface area contributed by atoms with E-state index in [1.54, 1.807) is 6.08 Å². The fourth-order valence-electron chi connectivity index (χ4n) is 6.41. The van der Waals surface area contributed by atoms with E-state index in [1.165, 1.54) is 0 Å². The molecule has 0 heteroatoms. The van der Waals surface area contributed by atoms with Crippen molar-refractivity contribution in [2.24, 2.45) is 0 Å². The van der Waals surface area contributed by atoms with Crippen molar-refractivity contribution in [2.75, 3.05) is 0 Å². The van der Waals surface area contributed by atoms with Crippen molar-refractivity contribution in [3.05, 3.63) is 620 Å². The van der Waals surface area contributed by atoms with Crippen molar-refractivity contribution in [3.63, 3.8) is 0 Å². The van der Waals surface area contributed by atoms with Gasteiger partial charge in [-0.05, 0) is 6.92 Å². The van der Waals surface area contributed by atoms with Crippen molar-refractivity contribution < 1.29 is 0 Å². The van der Waals surface area contributed by atoms with Crippen LogP contribution in [-0.2, 0) is 0 Å². The van der Waals surface area contributed by atoms with E-state index < -0.39 is 0 Å². The van der Waals surface area contributed by atoms with Crippen LogP contribution in [0.15, 0.2) is 620 Å². The fourth-order valence-corrected chi connectivity index (χ4v) is 6.41. The van der Waals surface area contributed by atoms with Gasteiger partial charge in [-0.15, -0.1) is 0 Å². The highest BCUT2D eigenvalue weighted by Gasteiger charge is 1.74. The van der Waals surface area contributed by atoms with E-state index in [0.29, 0.717) is 0 Å². The predicted octanol–water partition coefficient (Wildman–Crippen LogP) is 29.0. The summed E-state index contributed by atoms with van der Waals surface area (Å²) in [6.45, 7) is 5.64. The predicted molar refractivity (Wildman–Crippen MR) is 473 cm³/mol. The smallest absolute Gasteiger partial charge is 0.0467 e. The van der Waals surface area contributed by atoms with Crippen LogP contribution < -0.4 is 0 Å². The van der Waals surface area contributed by atoms with Crippen LogP contribution >= 0.6 is 0 Å². The Bertz CT molecular complexity index is 3830. The van der Waals surface area contributed by atoms with Crippen molar-refractivity contribution >= 4 is 0 Å². The lowest BCUT2D eigenvalue weighted by atomic mass is 10.3. The van der Waals surface area contributed by atoms with Crippen LogP contribution in [0.2, 0.25) is 0 Å². The summed E-state index contributed by atoms with van der Waals surface area (Å²) in [6.07, 6.45) is 201. The van der Waals surface area contributed by atoms with Crippen molar-refractivity contribution in [1.82, 2.24) is 0 Å². The molecule has 0 saturated carbocycles. The number of hydrogen-bond acceptors (Lipinski definition) is 0. The maximum absolute atomic E-state index is 3.64. The van der Waals surface area contributed by atoms with Crippen molar-refractivity contribution in [2.45, 2.75) is 6.92 Å². The molecule has 0 atom stereocenters. The minimum atomic E-state index is 1.75. The average molecular weight is 1340 g/mol. The third-order valence-corrected chi connectivity index (χ3v) is 11.2.